The zero-order chi connectivity index (χ0) is 18.2. The average molecular weight is 348 g/mol. The van der Waals surface area contributed by atoms with Gasteiger partial charge in [0.05, 0.1) is 13.5 Å². The Hall–Kier alpha value is -1.65. The molecule has 5 heteroatoms. The van der Waals surface area contributed by atoms with Gasteiger partial charge < -0.3 is 9.47 Å². The first-order valence-electron chi connectivity index (χ1n) is 9.34. The molecule has 5 nitrogen and oxygen atoms in total. The maximum absolute atomic E-state index is 12.4. The molecule has 0 aromatic heterocycles. The SMILES string of the molecule is COC(=O)CC1=C2CCC3CC(OC(C)=O)CCC3(C)C2CCC1=O. The minimum absolute atomic E-state index is 0.0286. The maximum atomic E-state index is 12.4. The number of esters is 2. The van der Waals surface area contributed by atoms with Crippen LogP contribution in [0, 0.1) is 17.3 Å². The third-order valence-electron chi connectivity index (χ3n) is 6.73. The molecule has 0 aromatic carbocycles. The summed E-state index contributed by atoms with van der Waals surface area (Å²) in [6, 6.07) is 0. The summed E-state index contributed by atoms with van der Waals surface area (Å²) in [7, 11) is 1.37. The van der Waals surface area contributed by atoms with Gasteiger partial charge in [0.1, 0.15) is 6.10 Å². The van der Waals surface area contributed by atoms with Crippen molar-refractivity contribution in [3.8, 4) is 0 Å². The Balaban J connectivity index is 1.85. The van der Waals surface area contributed by atoms with Gasteiger partial charge in [0, 0.05) is 18.9 Å². The molecule has 0 aromatic rings. The Kier molecular flexibility index (Phi) is 5.03. The predicted molar refractivity (Wildman–Crippen MR) is 91.6 cm³/mol. The van der Waals surface area contributed by atoms with Crippen LogP contribution in [0.3, 0.4) is 0 Å². The molecule has 0 aliphatic heterocycles. The molecule has 2 saturated carbocycles. The van der Waals surface area contributed by atoms with Gasteiger partial charge in [-0.2, -0.15) is 0 Å². The molecule has 0 radical (unpaired) electrons. The normalized spacial score (nSPS) is 34.8. The minimum Gasteiger partial charge on any atom is -0.469 e. The lowest BCUT2D eigenvalue weighted by atomic mass is 9.51. The molecule has 4 unspecified atom stereocenters. The van der Waals surface area contributed by atoms with Crippen molar-refractivity contribution in [1.29, 1.82) is 0 Å². The van der Waals surface area contributed by atoms with Crippen molar-refractivity contribution < 1.29 is 23.9 Å². The number of hydrogen-bond donors (Lipinski definition) is 0. The number of ketones is 1. The van der Waals surface area contributed by atoms with E-state index in [1.54, 1.807) is 0 Å². The zero-order valence-electron chi connectivity index (χ0n) is 15.4. The van der Waals surface area contributed by atoms with Crippen LogP contribution in [0.4, 0.5) is 0 Å². The lowest BCUT2D eigenvalue weighted by Gasteiger charge is -2.54. The van der Waals surface area contributed by atoms with Crippen LogP contribution in [0.1, 0.15) is 65.2 Å². The average Bonchev–Trinajstić information content (AvgIpc) is 2.56. The number of fused-ring (bicyclic) bond motifs is 3. The number of allylic oxidation sites excluding steroid dienone is 1. The van der Waals surface area contributed by atoms with Gasteiger partial charge in [0.2, 0.25) is 0 Å². The van der Waals surface area contributed by atoms with E-state index in [1.807, 2.05) is 0 Å². The standard InChI is InChI=1S/C20H28O5/c1-12(21)25-14-8-9-20(2)13(10-14)4-5-15-16(11-19(23)24-3)18(22)7-6-17(15)20/h13-14,17H,4-11H2,1-3H3. The summed E-state index contributed by atoms with van der Waals surface area (Å²) in [6.07, 6.45) is 6.22. The Bertz CT molecular complexity index is 620. The van der Waals surface area contributed by atoms with E-state index in [9.17, 15) is 14.4 Å². The van der Waals surface area contributed by atoms with Crippen molar-refractivity contribution in [3.05, 3.63) is 11.1 Å². The lowest BCUT2D eigenvalue weighted by molar-refractivity contribution is -0.152. The van der Waals surface area contributed by atoms with Crippen LogP contribution in [-0.2, 0) is 23.9 Å². The van der Waals surface area contributed by atoms with Crippen molar-refractivity contribution in [2.75, 3.05) is 7.11 Å². The van der Waals surface area contributed by atoms with E-state index in [2.05, 4.69) is 6.92 Å². The van der Waals surface area contributed by atoms with Gasteiger partial charge in [-0.25, -0.2) is 0 Å². The van der Waals surface area contributed by atoms with E-state index in [-0.39, 0.29) is 35.7 Å². The monoisotopic (exact) mass is 348 g/mol. The van der Waals surface area contributed by atoms with Gasteiger partial charge in [-0.05, 0) is 55.8 Å². The van der Waals surface area contributed by atoms with Gasteiger partial charge in [-0.15, -0.1) is 0 Å². The highest BCUT2D eigenvalue weighted by atomic mass is 16.5. The molecule has 25 heavy (non-hydrogen) atoms. The van der Waals surface area contributed by atoms with Crippen molar-refractivity contribution in [1.82, 2.24) is 0 Å². The molecular formula is C20H28O5. The molecule has 3 aliphatic carbocycles. The van der Waals surface area contributed by atoms with Crippen molar-refractivity contribution in [3.63, 3.8) is 0 Å². The van der Waals surface area contributed by atoms with Gasteiger partial charge >= 0.3 is 11.9 Å². The number of ether oxygens (including phenoxy) is 2. The summed E-state index contributed by atoms with van der Waals surface area (Å²) in [5.74, 6) is 0.456. The van der Waals surface area contributed by atoms with Gasteiger partial charge in [-0.1, -0.05) is 12.5 Å². The third kappa shape index (κ3) is 3.38. The van der Waals surface area contributed by atoms with Crippen LogP contribution in [-0.4, -0.2) is 30.9 Å². The Morgan fingerprint density at radius 2 is 1.96 bits per heavy atom. The first-order chi connectivity index (χ1) is 11.8. The van der Waals surface area contributed by atoms with Crippen molar-refractivity contribution in [2.24, 2.45) is 17.3 Å². The first kappa shape index (κ1) is 18.2. The summed E-state index contributed by atoms with van der Waals surface area (Å²) in [5, 5.41) is 0. The molecule has 0 amide bonds. The summed E-state index contributed by atoms with van der Waals surface area (Å²) in [5.41, 5.74) is 2.04. The number of rotatable bonds is 3. The van der Waals surface area contributed by atoms with Gasteiger partial charge in [0.25, 0.3) is 0 Å². The molecule has 138 valence electrons. The van der Waals surface area contributed by atoms with Crippen LogP contribution in [0.15, 0.2) is 11.1 Å². The first-order valence-corrected chi connectivity index (χ1v) is 9.34. The van der Waals surface area contributed by atoms with E-state index in [1.165, 1.54) is 19.6 Å². The quantitative estimate of drug-likeness (QED) is 0.732. The molecule has 3 rings (SSSR count). The summed E-state index contributed by atoms with van der Waals surface area (Å²) >= 11 is 0. The highest BCUT2D eigenvalue weighted by molar-refractivity contribution is 6.00. The molecule has 3 aliphatic rings. The molecule has 0 saturated heterocycles. The summed E-state index contributed by atoms with van der Waals surface area (Å²) in [6.45, 7) is 3.80. The molecule has 2 fully saturated rings. The second-order valence-electron chi connectivity index (χ2n) is 8.02. The fourth-order valence-corrected chi connectivity index (χ4v) is 5.43. The molecule has 4 atom stereocenters. The van der Waals surface area contributed by atoms with Crippen LogP contribution >= 0.6 is 0 Å². The smallest absolute Gasteiger partial charge is 0.310 e. The molecule has 0 heterocycles. The molecule has 0 bridgehead atoms. The Labute approximate surface area is 149 Å². The van der Waals surface area contributed by atoms with Crippen LogP contribution in [0.25, 0.3) is 0 Å². The largest absolute Gasteiger partial charge is 0.469 e. The second-order valence-corrected chi connectivity index (χ2v) is 8.02. The number of hydrogen-bond acceptors (Lipinski definition) is 5. The van der Waals surface area contributed by atoms with E-state index in [0.717, 1.165) is 38.5 Å². The fourth-order valence-electron chi connectivity index (χ4n) is 5.43. The number of carbonyl (C=O) groups is 3. The maximum Gasteiger partial charge on any atom is 0.310 e. The Morgan fingerprint density at radius 1 is 1.20 bits per heavy atom. The molecular weight excluding hydrogens is 320 g/mol. The van der Waals surface area contributed by atoms with Crippen LogP contribution in [0.5, 0.6) is 0 Å². The molecule has 0 N–H and O–H groups in total. The zero-order valence-corrected chi connectivity index (χ0v) is 15.4. The topological polar surface area (TPSA) is 69.7 Å². The minimum atomic E-state index is -0.331. The summed E-state index contributed by atoms with van der Waals surface area (Å²) < 4.78 is 10.3. The lowest BCUT2D eigenvalue weighted by Crippen LogP contribution is -2.47. The molecule has 0 spiro atoms. The number of methoxy groups -OCH3 is 1. The Morgan fingerprint density at radius 3 is 2.64 bits per heavy atom. The van der Waals surface area contributed by atoms with Crippen molar-refractivity contribution >= 4 is 17.7 Å². The van der Waals surface area contributed by atoms with E-state index in [4.69, 9.17) is 9.47 Å². The summed E-state index contributed by atoms with van der Waals surface area (Å²) in [4.78, 5) is 35.4. The third-order valence-corrected chi connectivity index (χ3v) is 6.73. The predicted octanol–water partition coefficient (Wildman–Crippen LogP) is 3.36. The fraction of sp³-hybridized carbons (Fsp3) is 0.750. The van der Waals surface area contributed by atoms with Gasteiger partial charge in [-0.3, -0.25) is 14.4 Å². The van der Waals surface area contributed by atoms with E-state index in [0.29, 0.717) is 23.8 Å². The van der Waals surface area contributed by atoms with Crippen LogP contribution in [0.2, 0.25) is 0 Å². The number of Topliss-reactive ketones (excluding diaryl/α,β-unsaturated/α-hetero) is 1. The number of carbonyl (C=O) groups excluding carboxylic acids is 3. The van der Waals surface area contributed by atoms with Crippen molar-refractivity contribution in [2.45, 2.75) is 71.3 Å². The van der Waals surface area contributed by atoms with Crippen LogP contribution < -0.4 is 0 Å². The van der Waals surface area contributed by atoms with E-state index < -0.39 is 0 Å². The van der Waals surface area contributed by atoms with Gasteiger partial charge in [0.15, 0.2) is 5.78 Å². The highest BCUT2D eigenvalue weighted by Gasteiger charge is 2.51. The van der Waals surface area contributed by atoms with E-state index >= 15 is 0 Å². The second kappa shape index (κ2) is 6.93. The highest BCUT2D eigenvalue weighted by Crippen LogP contribution is 2.58.